The molecule has 0 radical (unpaired) electrons. The number of benzene rings is 1. The molecule has 1 aliphatic heterocycles. The first-order valence-corrected chi connectivity index (χ1v) is 9.96. The molecule has 8 heteroatoms. The van der Waals surface area contributed by atoms with E-state index in [1.54, 1.807) is 6.07 Å². The van der Waals surface area contributed by atoms with E-state index < -0.39 is 0 Å². The lowest BCUT2D eigenvalue weighted by Gasteiger charge is -2.36. The Bertz CT molecular complexity index is 786. The summed E-state index contributed by atoms with van der Waals surface area (Å²) in [5.41, 5.74) is 1.82. The Morgan fingerprint density at radius 1 is 1.30 bits per heavy atom. The van der Waals surface area contributed by atoms with Crippen LogP contribution in [-0.2, 0) is 13.1 Å². The third kappa shape index (κ3) is 5.52. The second-order valence-corrected chi connectivity index (χ2v) is 7.47. The maximum atomic E-state index is 13.7. The van der Waals surface area contributed by atoms with Gasteiger partial charge in [-0.1, -0.05) is 11.2 Å². The molecule has 3 rings (SSSR count). The van der Waals surface area contributed by atoms with Crippen molar-refractivity contribution >= 4 is 21.9 Å². The molecule has 0 aliphatic carbocycles. The van der Waals surface area contributed by atoms with Gasteiger partial charge in [-0.25, -0.2) is 9.38 Å². The van der Waals surface area contributed by atoms with Crippen LogP contribution in [0.5, 0.6) is 0 Å². The number of aromatic nitrogens is 1. The van der Waals surface area contributed by atoms with Gasteiger partial charge in [-0.2, -0.15) is 0 Å². The highest BCUT2D eigenvalue weighted by molar-refractivity contribution is 9.10. The van der Waals surface area contributed by atoms with E-state index in [9.17, 15) is 4.39 Å². The third-order valence-electron chi connectivity index (χ3n) is 4.46. The Hall–Kier alpha value is -1.93. The molecule has 1 aromatic heterocycles. The zero-order chi connectivity index (χ0) is 19.2. The van der Waals surface area contributed by atoms with E-state index >= 15 is 0 Å². The van der Waals surface area contributed by atoms with Crippen LogP contribution in [0.4, 0.5) is 4.39 Å². The minimum Gasteiger partial charge on any atom is -0.361 e. The lowest BCUT2D eigenvalue weighted by atomic mass is 10.2. The molecule has 0 amide bonds. The van der Waals surface area contributed by atoms with Crippen LogP contribution in [0.15, 0.2) is 38.3 Å². The molecule has 1 N–H and O–H groups in total. The molecule has 6 nitrogen and oxygen atoms in total. The first kappa shape index (κ1) is 19.8. The number of hydrogen-bond acceptors (Lipinski definition) is 4. The van der Waals surface area contributed by atoms with Crippen molar-refractivity contribution < 1.29 is 8.91 Å². The fraction of sp³-hybridized carbons (Fsp3) is 0.474. The zero-order valence-corrected chi connectivity index (χ0v) is 17.3. The van der Waals surface area contributed by atoms with E-state index in [1.165, 1.54) is 6.07 Å². The minimum absolute atomic E-state index is 0.260. The SMILES string of the molecule is CCNC(=NCc1ccc(Br)c(F)c1)N1CCN(Cc2cc(C)on2)CC1. The van der Waals surface area contributed by atoms with Crippen LogP contribution in [0.2, 0.25) is 0 Å². The number of nitrogens with one attached hydrogen (secondary N) is 1. The number of aryl methyl sites for hydroxylation is 1. The molecule has 2 aromatic rings. The van der Waals surface area contributed by atoms with Crippen LogP contribution >= 0.6 is 15.9 Å². The molecule has 1 fully saturated rings. The normalized spacial score (nSPS) is 16.0. The first-order chi connectivity index (χ1) is 13.0. The van der Waals surface area contributed by atoms with Crippen LogP contribution in [-0.4, -0.2) is 53.6 Å². The number of aliphatic imine (C=N–C) groups is 1. The molecule has 146 valence electrons. The molecule has 0 bridgehead atoms. The molecular formula is C19H25BrFN5O. The van der Waals surface area contributed by atoms with Crippen molar-refractivity contribution in [1.82, 2.24) is 20.3 Å². The molecule has 2 heterocycles. The molecule has 0 atom stereocenters. The van der Waals surface area contributed by atoms with E-state index in [-0.39, 0.29) is 5.82 Å². The summed E-state index contributed by atoms with van der Waals surface area (Å²) in [7, 11) is 0. The van der Waals surface area contributed by atoms with Crippen LogP contribution in [0, 0.1) is 12.7 Å². The van der Waals surface area contributed by atoms with E-state index in [0.29, 0.717) is 11.0 Å². The molecule has 27 heavy (non-hydrogen) atoms. The van der Waals surface area contributed by atoms with Gasteiger partial charge in [0.05, 0.1) is 16.7 Å². The summed E-state index contributed by atoms with van der Waals surface area (Å²) in [5, 5.41) is 7.41. The van der Waals surface area contributed by atoms with Gasteiger partial charge in [0.2, 0.25) is 0 Å². The second kappa shape index (κ2) is 9.32. The van der Waals surface area contributed by atoms with Gasteiger partial charge < -0.3 is 14.7 Å². The quantitative estimate of drug-likeness (QED) is 0.574. The summed E-state index contributed by atoms with van der Waals surface area (Å²) < 4.78 is 19.3. The predicted molar refractivity (Wildman–Crippen MR) is 107 cm³/mol. The zero-order valence-electron chi connectivity index (χ0n) is 15.7. The highest BCUT2D eigenvalue weighted by Gasteiger charge is 2.20. The van der Waals surface area contributed by atoms with Crippen LogP contribution in [0.1, 0.15) is 23.9 Å². The molecule has 1 aromatic carbocycles. The van der Waals surface area contributed by atoms with Crippen LogP contribution in [0.3, 0.4) is 0 Å². The molecule has 1 aliphatic rings. The molecule has 0 unspecified atom stereocenters. The van der Waals surface area contributed by atoms with Crippen molar-refractivity contribution in [3.05, 3.63) is 51.6 Å². The summed E-state index contributed by atoms with van der Waals surface area (Å²) >= 11 is 3.18. The summed E-state index contributed by atoms with van der Waals surface area (Å²) in [4.78, 5) is 9.31. The average Bonchev–Trinajstić information content (AvgIpc) is 3.07. The number of piperazine rings is 1. The fourth-order valence-electron chi connectivity index (χ4n) is 3.07. The predicted octanol–water partition coefficient (Wildman–Crippen LogP) is 3.17. The number of nitrogens with zero attached hydrogens (tertiary/aromatic N) is 4. The first-order valence-electron chi connectivity index (χ1n) is 9.17. The average molecular weight is 438 g/mol. The number of guanidine groups is 1. The van der Waals surface area contributed by atoms with Gasteiger partial charge in [0, 0.05) is 45.3 Å². The van der Waals surface area contributed by atoms with Gasteiger partial charge in [-0.05, 0) is 47.5 Å². The number of halogens is 2. The van der Waals surface area contributed by atoms with E-state index in [2.05, 4.69) is 43.1 Å². The fourth-order valence-corrected chi connectivity index (χ4v) is 3.32. The Kier molecular flexibility index (Phi) is 6.84. The lowest BCUT2D eigenvalue weighted by molar-refractivity contribution is 0.169. The van der Waals surface area contributed by atoms with Gasteiger partial charge >= 0.3 is 0 Å². The Morgan fingerprint density at radius 2 is 2.07 bits per heavy atom. The topological polar surface area (TPSA) is 56.9 Å². The Balaban J connectivity index is 1.57. The van der Waals surface area contributed by atoms with Gasteiger partial charge in [0.25, 0.3) is 0 Å². The van der Waals surface area contributed by atoms with Crippen molar-refractivity contribution in [2.24, 2.45) is 4.99 Å². The minimum atomic E-state index is -0.260. The third-order valence-corrected chi connectivity index (χ3v) is 5.11. The maximum Gasteiger partial charge on any atom is 0.194 e. The summed E-state index contributed by atoms with van der Waals surface area (Å²) in [6.45, 7) is 9.65. The Morgan fingerprint density at radius 3 is 2.70 bits per heavy atom. The summed E-state index contributed by atoms with van der Waals surface area (Å²) in [5.74, 6) is 1.46. The lowest BCUT2D eigenvalue weighted by Crippen LogP contribution is -2.52. The van der Waals surface area contributed by atoms with Gasteiger partial charge in [0.15, 0.2) is 5.96 Å². The molecule has 0 spiro atoms. The van der Waals surface area contributed by atoms with Crippen LogP contribution in [0.25, 0.3) is 0 Å². The standard InChI is InChI=1S/C19H25BrFN5O/c1-3-22-19(23-12-15-4-5-17(20)18(21)11-15)26-8-6-25(7-9-26)13-16-10-14(2)27-24-16/h4-5,10-11H,3,6-9,12-13H2,1-2H3,(H,22,23). The number of hydrogen-bond donors (Lipinski definition) is 1. The molecule has 1 saturated heterocycles. The largest absolute Gasteiger partial charge is 0.361 e. The van der Waals surface area contributed by atoms with E-state index in [4.69, 9.17) is 9.52 Å². The highest BCUT2D eigenvalue weighted by Crippen LogP contribution is 2.17. The highest BCUT2D eigenvalue weighted by atomic mass is 79.9. The smallest absolute Gasteiger partial charge is 0.194 e. The second-order valence-electron chi connectivity index (χ2n) is 6.61. The summed E-state index contributed by atoms with van der Waals surface area (Å²) in [6, 6.07) is 7.11. The van der Waals surface area contributed by atoms with E-state index in [1.807, 2.05) is 19.1 Å². The van der Waals surface area contributed by atoms with E-state index in [0.717, 1.165) is 62.2 Å². The van der Waals surface area contributed by atoms with Crippen molar-refractivity contribution in [3.8, 4) is 0 Å². The van der Waals surface area contributed by atoms with Gasteiger partial charge in [0.1, 0.15) is 11.6 Å². The number of rotatable bonds is 5. The maximum absolute atomic E-state index is 13.7. The molecular weight excluding hydrogens is 413 g/mol. The van der Waals surface area contributed by atoms with Crippen molar-refractivity contribution in [3.63, 3.8) is 0 Å². The van der Waals surface area contributed by atoms with Crippen molar-refractivity contribution in [1.29, 1.82) is 0 Å². The van der Waals surface area contributed by atoms with Crippen LogP contribution < -0.4 is 5.32 Å². The monoisotopic (exact) mass is 437 g/mol. The van der Waals surface area contributed by atoms with Gasteiger partial charge in [-0.15, -0.1) is 0 Å². The van der Waals surface area contributed by atoms with Crippen molar-refractivity contribution in [2.75, 3.05) is 32.7 Å². The van der Waals surface area contributed by atoms with Crippen molar-refractivity contribution in [2.45, 2.75) is 26.9 Å². The summed E-state index contributed by atoms with van der Waals surface area (Å²) in [6.07, 6.45) is 0. The molecule has 0 saturated carbocycles. The van der Waals surface area contributed by atoms with Gasteiger partial charge in [-0.3, -0.25) is 4.90 Å². The Labute approximate surface area is 167 Å².